The largest absolute Gasteiger partial charge is 0.465 e. The number of amides is 1. The Bertz CT molecular complexity index is 1240. The van der Waals surface area contributed by atoms with Crippen molar-refractivity contribution in [2.45, 2.75) is 5.03 Å². The molecule has 4 aromatic rings. The Morgan fingerprint density at radius 3 is 2.58 bits per heavy atom. The van der Waals surface area contributed by atoms with E-state index in [-0.39, 0.29) is 11.7 Å². The van der Waals surface area contributed by atoms with Crippen molar-refractivity contribution in [1.29, 1.82) is 0 Å². The van der Waals surface area contributed by atoms with E-state index in [1.54, 1.807) is 42.2 Å². The monoisotopic (exact) mass is 433 g/mol. The standard InChI is InChI=1S/C22H19N5O3S/c1-26(18-11-7-6-10-16(18)22(29)30-2)19(28)13-31-21-17-12-25-27(20(17)23-14-24-21)15-8-4-3-5-9-15/h3-12,14H,13H2,1-2H3. The smallest absolute Gasteiger partial charge is 0.339 e. The van der Waals surface area contributed by atoms with Gasteiger partial charge in [0.05, 0.1) is 41.4 Å². The van der Waals surface area contributed by atoms with E-state index in [0.717, 1.165) is 11.1 Å². The highest BCUT2D eigenvalue weighted by Crippen LogP contribution is 2.27. The fourth-order valence-electron chi connectivity index (χ4n) is 3.11. The lowest BCUT2D eigenvalue weighted by Gasteiger charge is -2.19. The predicted octanol–water partition coefficient (Wildman–Crippen LogP) is 3.36. The third-order valence-electron chi connectivity index (χ3n) is 4.71. The Kier molecular flexibility index (Phi) is 5.94. The predicted molar refractivity (Wildman–Crippen MR) is 119 cm³/mol. The maximum atomic E-state index is 12.8. The van der Waals surface area contributed by atoms with E-state index in [4.69, 9.17) is 4.74 Å². The van der Waals surface area contributed by atoms with Crippen LogP contribution >= 0.6 is 11.8 Å². The van der Waals surface area contributed by atoms with Crippen LogP contribution in [0.15, 0.2) is 72.1 Å². The number of hydrogen-bond acceptors (Lipinski definition) is 7. The van der Waals surface area contributed by atoms with Gasteiger partial charge in [-0.1, -0.05) is 42.1 Å². The van der Waals surface area contributed by atoms with Gasteiger partial charge in [0.2, 0.25) is 5.91 Å². The van der Waals surface area contributed by atoms with Crippen LogP contribution in [-0.2, 0) is 9.53 Å². The van der Waals surface area contributed by atoms with E-state index in [1.165, 1.54) is 30.1 Å². The third-order valence-corrected chi connectivity index (χ3v) is 5.70. The molecule has 0 radical (unpaired) electrons. The van der Waals surface area contributed by atoms with Crippen LogP contribution in [0, 0.1) is 0 Å². The Hall–Kier alpha value is -3.72. The average Bonchev–Trinajstić information content (AvgIpc) is 3.27. The molecule has 156 valence electrons. The zero-order chi connectivity index (χ0) is 21.8. The number of methoxy groups -OCH3 is 1. The zero-order valence-electron chi connectivity index (χ0n) is 16.9. The van der Waals surface area contributed by atoms with E-state index in [0.29, 0.717) is 21.9 Å². The summed E-state index contributed by atoms with van der Waals surface area (Å²) < 4.78 is 6.55. The van der Waals surface area contributed by atoms with E-state index in [9.17, 15) is 9.59 Å². The summed E-state index contributed by atoms with van der Waals surface area (Å²) in [5.41, 5.74) is 2.38. The number of hydrogen-bond donors (Lipinski definition) is 0. The van der Waals surface area contributed by atoms with Gasteiger partial charge >= 0.3 is 5.97 Å². The molecule has 9 heteroatoms. The van der Waals surface area contributed by atoms with Gasteiger partial charge < -0.3 is 9.64 Å². The SMILES string of the molecule is COC(=O)c1ccccc1N(C)C(=O)CSc1ncnc2c1cnn2-c1ccccc1. The molecule has 8 nitrogen and oxygen atoms in total. The highest BCUT2D eigenvalue weighted by Gasteiger charge is 2.20. The highest BCUT2D eigenvalue weighted by molar-refractivity contribution is 8.00. The van der Waals surface area contributed by atoms with Gasteiger partial charge in [-0.25, -0.2) is 19.4 Å². The van der Waals surface area contributed by atoms with Crippen LogP contribution < -0.4 is 4.90 Å². The molecular formula is C22H19N5O3S. The molecule has 0 unspecified atom stereocenters. The lowest BCUT2D eigenvalue weighted by Crippen LogP contribution is -2.29. The molecular weight excluding hydrogens is 414 g/mol. The van der Waals surface area contributed by atoms with Crippen LogP contribution in [0.25, 0.3) is 16.7 Å². The van der Waals surface area contributed by atoms with Crippen LogP contribution in [0.5, 0.6) is 0 Å². The van der Waals surface area contributed by atoms with E-state index in [1.807, 2.05) is 30.3 Å². The van der Waals surface area contributed by atoms with Gasteiger partial charge in [0.15, 0.2) is 5.65 Å². The molecule has 2 aromatic carbocycles. The van der Waals surface area contributed by atoms with E-state index < -0.39 is 5.97 Å². The molecule has 1 amide bonds. The van der Waals surface area contributed by atoms with Gasteiger partial charge in [-0.2, -0.15) is 5.10 Å². The molecule has 0 saturated carbocycles. The minimum absolute atomic E-state index is 0.134. The van der Waals surface area contributed by atoms with Gasteiger partial charge in [0.25, 0.3) is 0 Å². The molecule has 0 saturated heterocycles. The van der Waals surface area contributed by atoms with Gasteiger partial charge in [-0.15, -0.1) is 0 Å². The molecule has 2 heterocycles. The topological polar surface area (TPSA) is 90.2 Å². The fraction of sp³-hybridized carbons (Fsp3) is 0.136. The third kappa shape index (κ3) is 4.13. The fourth-order valence-corrected chi connectivity index (χ4v) is 3.98. The molecule has 0 bridgehead atoms. The molecule has 4 rings (SSSR count). The number of benzene rings is 2. The van der Waals surface area contributed by atoms with E-state index in [2.05, 4.69) is 15.1 Å². The minimum Gasteiger partial charge on any atom is -0.465 e. The first-order chi connectivity index (χ1) is 15.1. The van der Waals surface area contributed by atoms with Crippen LogP contribution in [0.1, 0.15) is 10.4 Å². The minimum atomic E-state index is -0.492. The lowest BCUT2D eigenvalue weighted by molar-refractivity contribution is -0.115. The van der Waals surface area contributed by atoms with Crippen molar-refractivity contribution in [3.05, 3.63) is 72.7 Å². The molecule has 31 heavy (non-hydrogen) atoms. The summed E-state index contributed by atoms with van der Waals surface area (Å²) in [7, 11) is 2.94. The van der Waals surface area contributed by atoms with Crippen LogP contribution in [-0.4, -0.2) is 51.5 Å². The van der Waals surface area contributed by atoms with E-state index >= 15 is 0 Å². The van der Waals surface area contributed by atoms with Crippen LogP contribution in [0.4, 0.5) is 5.69 Å². The normalized spacial score (nSPS) is 10.8. The van der Waals surface area contributed by atoms with Gasteiger partial charge in [-0.3, -0.25) is 4.79 Å². The number of nitrogens with zero attached hydrogens (tertiary/aromatic N) is 5. The van der Waals surface area contributed by atoms with Crippen molar-refractivity contribution < 1.29 is 14.3 Å². The number of carbonyl (C=O) groups is 2. The lowest BCUT2D eigenvalue weighted by atomic mass is 10.1. The maximum Gasteiger partial charge on any atom is 0.339 e. The maximum absolute atomic E-state index is 12.8. The number of carbonyl (C=O) groups excluding carboxylic acids is 2. The van der Waals surface area contributed by atoms with Gasteiger partial charge in [-0.05, 0) is 24.3 Å². The summed E-state index contributed by atoms with van der Waals surface area (Å²) in [6.45, 7) is 0. The number of para-hydroxylation sites is 2. The van der Waals surface area contributed by atoms with Crippen molar-refractivity contribution >= 4 is 40.4 Å². The Morgan fingerprint density at radius 1 is 1.06 bits per heavy atom. The van der Waals surface area contributed by atoms with Crippen molar-refractivity contribution in [2.24, 2.45) is 0 Å². The summed E-state index contributed by atoms with van der Waals surface area (Å²) >= 11 is 1.30. The summed E-state index contributed by atoms with van der Waals surface area (Å²) in [6.07, 6.45) is 3.16. The first-order valence-electron chi connectivity index (χ1n) is 9.41. The second-order valence-corrected chi connectivity index (χ2v) is 7.52. The Morgan fingerprint density at radius 2 is 1.81 bits per heavy atom. The van der Waals surface area contributed by atoms with Gasteiger partial charge in [0.1, 0.15) is 11.4 Å². The van der Waals surface area contributed by atoms with Crippen LogP contribution in [0.2, 0.25) is 0 Å². The Balaban J connectivity index is 1.54. The second kappa shape index (κ2) is 8.97. The first-order valence-corrected chi connectivity index (χ1v) is 10.4. The second-order valence-electron chi connectivity index (χ2n) is 6.56. The molecule has 0 atom stereocenters. The molecule has 0 N–H and O–H groups in total. The van der Waals surface area contributed by atoms with Crippen molar-refractivity contribution in [3.8, 4) is 5.69 Å². The molecule has 0 aliphatic rings. The Labute approximate surface area is 182 Å². The number of rotatable bonds is 6. The number of fused-ring (bicyclic) bond motifs is 1. The summed E-state index contributed by atoms with van der Waals surface area (Å²) in [5.74, 6) is -0.536. The summed E-state index contributed by atoms with van der Waals surface area (Å²) in [5, 5.41) is 5.86. The molecule has 0 spiro atoms. The number of ether oxygens (including phenoxy) is 1. The zero-order valence-corrected chi connectivity index (χ0v) is 17.7. The molecule has 0 aliphatic carbocycles. The highest BCUT2D eigenvalue weighted by atomic mass is 32.2. The van der Waals surface area contributed by atoms with Crippen LogP contribution in [0.3, 0.4) is 0 Å². The van der Waals surface area contributed by atoms with Crippen molar-refractivity contribution in [1.82, 2.24) is 19.7 Å². The molecule has 0 fully saturated rings. The quantitative estimate of drug-likeness (QED) is 0.262. The number of aromatic nitrogens is 4. The van der Waals surface area contributed by atoms with Crippen molar-refractivity contribution in [3.63, 3.8) is 0 Å². The van der Waals surface area contributed by atoms with Gasteiger partial charge in [0, 0.05) is 7.05 Å². The van der Waals surface area contributed by atoms with Crippen molar-refractivity contribution in [2.75, 3.05) is 24.8 Å². The number of esters is 1. The molecule has 2 aromatic heterocycles. The number of thioether (sulfide) groups is 1. The molecule has 0 aliphatic heterocycles. The average molecular weight is 433 g/mol. The summed E-state index contributed by atoms with van der Waals surface area (Å²) in [6, 6.07) is 16.5. The first kappa shape index (κ1) is 20.5. The summed E-state index contributed by atoms with van der Waals surface area (Å²) in [4.78, 5) is 35.0. The number of anilines is 1.